The van der Waals surface area contributed by atoms with Crippen LogP contribution in [-0.4, -0.2) is 56.3 Å². The first-order valence-electron chi connectivity index (χ1n) is 12.9. The molecule has 192 valence electrons. The van der Waals surface area contributed by atoms with Crippen molar-refractivity contribution in [3.63, 3.8) is 0 Å². The van der Waals surface area contributed by atoms with E-state index in [1.54, 1.807) is 18.6 Å². The molecule has 5 aromatic rings. The lowest BCUT2D eigenvalue weighted by atomic mass is 10.0. The van der Waals surface area contributed by atoms with Crippen molar-refractivity contribution in [1.82, 2.24) is 29.6 Å². The Balaban J connectivity index is 1.22. The van der Waals surface area contributed by atoms with Gasteiger partial charge < -0.3 is 15.5 Å². The van der Waals surface area contributed by atoms with Gasteiger partial charge in [0.2, 0.25) is 0 Å². The minimum absolute atomic E-state index is 0.0794. The first kappa shape index (κ1) is 24.3. The van der Waals surface area contributed by atoms with Gasteiger partial charge >= 0.3 is 0 Å². The maximum atomic E-state index is 12.8. The zero-order chi connectivity index (χ0) is 26.6. The van der Waals surface area contributed by atoms with Crippen LogP contribution in [-0.2, 0) is 0 Å². The second-order valence-electron chi connectivity index (χ2n) is 9.35. The molecule has 2 N–H and O–H groups in total. The number of nitrogens with one attached hydrogen (secondary N) is 2. The highest BCUT2D eigenvalue weighted by Gasteiger charge is 2.17. The average molecular weight is 514 g/mol. The molecule has 4 aromatic heterocycles. The van der Waals surface area contributed by atoms with Crippen LogP contribution in [0.2, 0.25) is 0 Å². The lowest BCUT2D eigenvalue weighted by Gasteiger charge is -2.27. The Morgan fingerprint density at radius 2 is 1.74 bits per heavy atom. The smallest absolute Gasteiger partial charge is 0.253 e. The van der Waals surface area contributed by atoms with Crippen LogP contribution in [0, 0.1) is 18.8 Å². The van der Waals surface area contributed by atoms with Gasteiger partial charge in [-0.05, 0) is 72.5 Å². The van der Waals surface area contributed by atoms with E-state index < -0.39 is 0 Å². The van der Waals surface area contributed by atoms with Crippen LogP contribution in [0.1, 0.15) is 27.3 Å². The van der Waals surface area contributed by atoms with Gasteiger partial charge in [0.05, 0.1) is 17.6 Å². The summed E-state index contributed by atoms with van der Waals surface area (Å²) in [4.78, 5) is 27.9. The van der Waals surface area contributed by atoms with E-state index >= 15 is 0 Å². The zero-order valence-corrected chi connectivity index (χ0v) is 21.6. The normalized spacial score (nSPS) is 13.1. The van der Waals surface area contributed by atoms with Gasteiger partial charge in [0, 0.05) is 55.9 Å². The molecule has 0 atom stereocenters. The summed E-state index contributed by atoms with van der Waals surface area (Å²) < 4.78 is 1.99. The lowest BCUT2D eigenvalue weighted by Crippen LogP contribution is -2.46. The lowest BCUT2D eigenvalue weighted by molar-refractivity contribution is 0.0736. The fourth-order valence-corrected chi connectivity index (χ4v) is 4.57. The van der Waals surface area contributed by atoms with E-state index in [9.17, 15) is 4.79 Å². The van der Waals surface area contributed by atoms with Crippen LogP contribution in [0.3, 0.4) is 0 Å². The molecule has 0 radical (unpaired) electrons. The van der Waals surface area contributed by atoms with Crippen molar-refractivity contribution in [1.29, 1.82) is 0 Å². The molecule has 8 heteroatoms. The second-order valence-corrected chi connectivity index (χ2v) is 9.35. The molecular formula is C31H27N7O. The molecule has 5 heterocycles. The summed E-state index contributed by atoms with van der Waals surface area (Å²) in [6, 6.07) is 19.5. The summed E-state index contributed by atoms with van der Waals surface area (Å²) in [6.45, 7) is 5.10. The average Bonchev–Trinajstić information content (AvgIpc) is 3.40. The quantitative estimate of drug-likeness (QED) is 0.349. The number of amides is 1. The molecule has 6 rings (SSSR count). The van der Waals surface area contributed by atoms with E-state index in [2.05, 4.69) is 37.4 Å². The number of anilines is 2. The summed E-state index contributed by atoms with van der Waals surface area (Å²) in [5, 5.41) is 6.59. The molecule has 1 amide bonds. The van der Waals surface area contributed by atoms with Crippen LogP contribution in [0.25, 0.3) is 16.8 Å². The summed E-state index contributed by atoms with van der Waals surface area (Å²) in [7, 11) is 0. The molecule has 1 fully saturated rings. The number of carbonyl (C=O) groups excluding carboxylic acids is 1. The van der Waals surface area contributed by atoms with Crippen LogP contribution in [0.4, 0.5) is 11.5 Å². The molecule has 39 heavy (non-hydrogen) atoms. The molecule has 0 unspecified atom stereocenters. The molecule has 1 saturated heterocycles. The predicted molar refractivity (Wildman–Crippen MR) is 152 cm³/mol. The maximum Gasteiger partial charge on any atom is 0.253 e. The van der Waals surface area contributed by atoms with Crippen molar-refractivity contribution in [3.8, 4) is 23.0 Å². The summed E-state index contributed by atoms with van der Waals surface area (Å²) in [5.74, 6) is 7.28. The van der Waals surface area contributed by atoms with Crippen LogP contribution >= 0.6 is 0 Å². The molecule has 0 aliphatic carbocycles. The van der Waals surface area contributed by atoms with Crippen LogP contribution in [0.15, 0.2) is 85.5 Å². The minimum Gasteiger partial charge on any atom is -0.339 e. The topological polar surface area (TPSA) is 87.5 Å². The zero-order valence-electron chi connectivity index (χ0n) is 21.6. The molecule has 0 spiro atoms. The highest BCUT2D eigenvalue weighted by molar-refractivity contribution is 5.94. The molecule has 1 aliphatic rings. The Hall–Kier alpha value is -5.00. The van der Waals surface area contributed by atoms with Gasteiger partial charge in [0.1, 0.15) is 17.2 Å². The third-order valence-electron chi connectivity index (χ3n) is 6.74. The van der Waals surface area contributed by atoms with Gasteiger partial charge in [0.15, 0.2) is 0 Å². The fraction of sp³-hybridized carbons (Fsp3) is 0.161. The Kier molecular flexibility index (Phi) is 6.73. The third-order valence-corrected chi connectivity index (χ3v) is 6.74. The third kappa shape index (κ3) is 5.35. The van der Waals surface area contributed by atoms with Crippen molar-refractivity contribution in [2.75, 3.05) is 31.5 Å². The van der Waals surface area contributed by atoms with E-state index in [-0.39, 0.29) is 5.91 Å². The predicted octanol–water partition coefficient (Wildman–Crippen LogP) is 4.29. The number of fused-ring (bicyclic) bond motifs is 1. The first-order valence-corrected chi connectivity index (χ1v) is 12.9. The summed E-state index contributed by atoms with van der Waals surface area (Å²) in [6.07, 6.45) is 7.31. The molecule has 8 nitrogen and oxygen atoms in total. The molecule has 1 aromatic carbocycles. The van der Waals surface area contributed by atoms with Crippen molar-refractivity contribution >= 4 is 23.1 Å². The van der Waals surface area contributed by atoms with E-state index in [0.29, 0.717) is 11.4 Å². The largest absolute Gasteiger partial charge is 0.339 e. The Bertz CT molecular complexity index is 1710. The number of aryl methyl sites for hydroxylation is 1. The fourth-order valence-electron chi connectivity index (χ4n) is 4.57. The van der Waals surface area contributed by atoms with Gasteiger partial charge in [-0.25, -0.2) is 9.97 Å². The number of nitrogens with zero attached hydrogens (tertiary/aromatic N) is 5. The number of benzene rings is 1. The van der Waals surface area contributed by atoms with Crippen molar-refractivity contribution in [2.45, 2.75) is 6.92 Å². The van der Waals surface area contributed by atoms with Gasteiger partial charge in [-0.2, -0.15) is 0 Å². The first-order chi connectivity index (χ1) is 19.1. The maximum absolute atomic E-state index is 12.8. The van der Waals surface area contributed by atoms with Crippen molar-refractivity contribution < 1.29 is 4.79 Å². The van der Waals surface area contributed by atoms with Gasteiger partial charge in [-0.1, -0.05) is 18.1 Å². The number of imidazole rings is 1. The summed E-state index contributed by atoms with van der Waals surface area (Å²) >= 11 is 0. The standard InChI is InChI=1S/C31H27N7O/c1-22-28(3-2-13-33-22)36-29-19-23(12-14-34-29)4-10-27-20-35-30-11-9-26(21-38(27)30)24-5-7-25(8-6-24)31(39)37-17-15-32-16-18-37/h2-3,5-9,11-14,19-21,32H,15-18H2,1H3,(H,34,36). The van der Waals surface area contributed by atoms with Crippen LogP contribution in [0.5, 0.6) is 0 Å². The number of pyridine rings is 3. The highest BCUT2D eigenvalue weighted by Crippen LogP contribution is 2.22. The monoisotopic (exact) mass is 513 g/mol. The molecule has 0 bridgehead atoms. The van der Waals surface area contributed by atoms with E-state index in [0.717, 1.165) is 65.6 Å². The van der Waals surface area contributed by atoms with Gasteiger partial charge in [0.25, 0.3) is 5.91 Å². The number of carbonyl (C=O) groups is 1. The van der Waals surface area contributed by atoms with Crippen LogP contribution < -0.4 is 10.6 Å². The van der Waals surface area contributed by atoms with Crippen molar-refractivity contribution in [2.24, 2.45) is 0 Å². The molecule has 1 aliphatic heterocycles. The number of rotatable bonds is 4. The number of aromatic nitrogens is 4. The Labute approximate surface area is 226 Å². The Morgan fingerprint density at radius 1 is 0.923 bits per heavy atom. The second kappa shape index (κ2) is 10.8. The number of piperazine rings is 1. The summed E-state index contributed by atoms with van der Waals surface area (Å²) in [5.41, 5.74) is 7.00. The van der Waals surface area contributed by atoms with E-state index in [1.165, 1.54) is 0 Å². The SMILES string of the molecule is Cc1ncccc1Nc1cc(C#Cc2cnc3ccc(-c4ccc(C(=O)N5CCNCC5)cc4)cn23)ccn1. The number of hydrogen-bond acceptors (Lipinski definition) is 6. The molecular weight excluding hydrogens is 486 g/mol. The Morgan fingerprint density at radius 3 is 2.56 bits per heavy atom. The van der Waals surface area contributed by atoms with E-state index in [1.807, 2.05) is 83.1 Å². The molecule has 0 saturated carbocycles. The minimum atomic E-state index is 0.0794. The van der Waals surface area contributed by atoms with E-state index in [4.69, 9.17) is 0 Å². The highest BCUT2D eigenvalue weighted by atomic mass is 16.2. The van der Waals surface area contributed by atoms with Gasteiger partial charge in [-0.3, -0.25) is 14.2 Å². The van der Waals surface area contributed by atoms with Gasteiger partial charge in [-0.15, -0.1) is 0 Å². The van der Waals surface area contributed by atoms with Crippen molar-refractivity contribution in [3.05, 3.63) is 108 Å². The number of hydrogen-bond donors (Lipinski definition) is 2.